The lowest BCUT2D eigenvalue weighted by Gasteiger charge is -2.15. The van der Waals surface area contributed by atoms with E-state index in [1.165, 1.54) is 6.42 Å². The number of halogens is 1. The van der Waals surface area contributed by atoms with E-state index in [1.807, 2.05) is 61.0 Å². The van der Waals surface area contributed by atoms with Crippen LogP contribution >= 0.6 is 23.9 Å². The topological polar surface area (TPSA) is 127 Å². The van der Waals surface area contributed by atoms with Gasteiger partial charge in [0.2, 0.25) is 0 Å². The number of nitrogens with zero attached hydrogens (tertiary/aromatic N) is 3. The van der Waals surface area contributed by atoms with Crippen molar-refractivity contribution >= 4 is 35.4 Å². The summed E-state index contributed by atoms with van der Waals surface area (Å²) in [5.74, 6) is 6.51. The van der Waals surface area contributed by atoms with Gasteiger partial charge in [0.05, 0.1) is 12.3 Å². The summed E-state index contributed by atoms with van der Waals surface area (Å²) in [6, 6.07) is 12.0. The molecule has 34 heavy (non-hydrogen) atoms. The number of nitrogens with one attached hydrogen (secondary N) is 1. The Bertz CT molecular complexity index is 947. The summed E-state index contributed by atoms with van der Waals surface area (Å²) in [7, 11) is 2.00. The standard InChI is InChI=1S/C19H22ClN5O2S.C2H6.2CH4O/c20-15-3-1-2-14(11-15)17-12-19-22-8-6-18(25(19)24-17)23-16-5-4-13(10-16)7-9-26-28-27-21;3*1-2/h1-3,6,8,11-13,16,23H,4-5,7,9-10,21H2;1-2H3;2*2H,1H3/t13-,16?;;;/m0.../s1. The second-order valence-corrected chi connectivity index (χ2v) is 7.94. The van der Waals surface area contributed by atoms with Crippen LogP contribution in [0.5, 0.6) is 0 Å². The first-order chi connectivity index (χ1) is 16.7. The molecule has 1 aliphatic rings. The average Bonchev–Trinajstić information content (AvgIpc) is 3.53. The van der Waals surface area contributed by atoms with Crippen LogP contribution in [0.15, 0.2) is 42.6 Å². The number of aliphatic hydroxyl groups excluding tert-OH is 2. The molecule has 190 valence electrons. The van der Waals surface area contributed by atoms with E-state index < -0.39 is 0 Å². The summed E-state index contributed by atoms with van der Waals surface area (Å²) in [6.07, 6.45) is 6.21. The SMILES string of the molecule is CC.CO.CO.NOSOCC[C@@H]1CCC(Nc2ccnc3cc(-c4cccc(Cl)c4)nn23)C1. The van der Waals surface area contributed by atoms with Gasteiger partial charge in [-0.1, -0.05) is 37.6 Å². The normalized spacial score (nSPS) is 16.5. The molecule has 0 aliphatic heterocycles. The van der Waals surface area contributed by atoms with Gasteiger partial charge in [0.25, 0.3) is 0 Å². The van der Waals surface area contributed by atoms with Crippen LogP contribution in [0.4, 0.5) is 5.82 Å². The maximum atomic E-state index is 7.00. The highest BCUT2D eigenvalue weighted by Gasteiger charge is 2.25. The highest BCUT2D eigenvalue weighted by Crippen LogP contribution is 2.31. The molecule has 4 rings (SSSR count). The summed E-state index contributed by atoms with van der Waals surface area (Å²) in [6.45, 7) is 4.64. The van der Waals surface area contributed by atoms with E-state index in [1.54, 1.807) is 0 Å². The Balaban J connectivity index is 0.000000894. The molecule has 11 heteroatoms. The molecule has 1 aromatic carbocycles. The number of nitrogens with two attached hydrogens (primary N) is 1. The maximum absolute atomic E-state index is 7.00. The molecule has 5 N–H and O–H groups in total. The van der Waals surface area contributed by atoms with Crippen molar-refractivity contribution in [1.29, 1.82) is 0 Å². The molecule has 3 aromatic rings. The van der Waals surface area contributed by atoms with Gasteiger partial charge in [-0.05, 0) is 49.8 Å². The lowest BCUT2D eigenvalue weighted by Crippen LogP contribution is -2.18. The third-order valence-electron chi connectivity index (χ3n) is 5.07. The van der Waals surface area contributed by atoms with E-state index >= 15 is 0 Å². The summed E-state index contributed by atoms with van der Waals surface area (Å²) in [4.78, 5) is 4.44. The number of rotatable bonds is 8. The van der Waals surface area contributed by atoms with Crippen LogP contribution in [-0.2, 0) is 8.47 Å². The van der Waals surface area contributed by atoms with Crippen LogP contribution in [0.25, 0.3) is 16.9 Å². The smallest absolute Gasteiger partial charge is 0.178 e. The zero-order valence-corrected chi connectivity index (χ0v) is 21.7. The highest BCUT2D eigenvalue weighted by atomic mass is 35.5. The van der Waals surface area contributed by atoms with Crippen molar-refractivity contribution in [3.8, 4) is 11.3 Å². The zero-order chi connectivity index (χ0) is 25.3. The van der Waals surface area contributed by atoms with Gasteiger partial charge in [-0.3, -0.25) is 4.18 Å². The van der Waals surface area contributed by atoms with Gasteiger partial charge in [0, 0.05) is 43.1 Å². The minimum absolute atomic E-state index is 0.410. The minimum atomic E-state index is 0.410. The Kier molecular flexibility index (Phi) is 15.5. The molecule has 0 spiro atoms. The van der Waals surface area contributed by atoms with Crippen molar-refractivity contribution in [3.05, 3.63) is 47.6 Å². The summed E-state index contributed by atoms with van der Waals surface area (Å²) >= 11 is 6.95. The van der Waals surface area contributed by atoms with Gasteiger partial charge in [0.1, 0.15) is 5.82 Å². The lowest BCUT2D eigenvalue weighted by atomic mass is 10.0. The molecule has 1 aliphatic carbocycles. The van der Waals surface area contributed by atoms with Gasteiger partial charge in [-0.15, -0.1) is 0 Å². The Labute approximate surface area is 211 Å². The number of fused-ring (bicyclic) bond motifs is 1. The predicted octanol–water partition coefficient (Wildman–Crippen LogP) is 4.73. The quantitative estimate of drug-likeness (QED) is 0.192. The Morgan fingerprint density at radius 2 is 1.94 bits per heavy atom. The lowest BCUT2D eigenvalue weighted by molar-refractivity contribution is 0.269. The molecule has 0 amide bonds. The van der Waals surface area contributed by atoms with E-state index in [4.69, 9.17) is 37.0 Å². The molecule has 1 fully saturated rings. The molecule has 2 heterocycles. The number of anilines is 1. The molecule has 0 radical (unpaired) electrons. The molecule has 0 bridgehead atoms. The van der Waals surface area contributed by atoms with Crippen molar-refractivity contribution in [2.45, 2.75) is 45.6 Å². The second kappa shape index (κ2) is 17.5. The first kappa shape index (κ1) is 30.1. The third-order valence-corrected chi connectivity index (χ3v) is 5.64. The molecule has 1 saturated carbocycles. The van der Waals surface area contributed by atoms with E-state index in [0.29, 0.717) is 23.6 Å². The van der Waals surface area contributed by atoms with E-state index in [-0.39, 0.29) is 0 Å². The van der Waals surface area contributed by atoms with Crippen molar-refractivity contribution in [3.63, 3.8) is 0 Å². The van der Waals surface area contributed by atoms with Crippen molar-refractivity contribution in [2.24, 2.45) is 11.8 Å². The fraction of sp³-hybridized carbons (Fsp3) is 0.478. The molecule has 0 saturated heterocycles. The molecular weight excluding hydrogens is 478 g/mol. The molecule has 9 nitrogen and oxygen atoms in total. The number of hydrogen-bond acceptors (Lipinski definition) is 9. The molecular formula is C23H36ClN5O4S. The van der Waals surface area contributed by atoms with Crippen LogP contribution < -0.4 is 11.2 Å². The van der Waals surface area contributed by atoms with Crippen LogP contribution in [0.1, 0.15) is 39.5 Å². The van der Waals surface area contributed by atoms with Gasteiger partial charge in [0.15, 0.2) is 18.0 Å². The Morgan fingerprint density at radius 1 is 1.18 bits per heavy atom. The van der Waals surface area contributed by atoms with Crippen LogP contribution in [-0.4, -0.2) is 51.7 Å². The Hall–Kier alpha value is -1.92. The number of hydrogen-bond donors (Lipinski definition) is 4. The molecule has 1 unspecified atom stereocenters. The first-order valence-corrected chi connectivity index (χ1v) is 12.2. The van der Waals surface area contributed by atoms with Gasteiger partial charge in [-0.25, -0.2) is 9.27 Å². The molecule has 2 atom stereocenters. The summed E-state index contributed by atoms with van der Waals surface area (Å²) in [5, 5.41) is 23.1. The van der Waals surface area contributed by atoms with Crippen LogP contribution in [0, 0.1) is 5.92 Å². The van der Waals surface area contributed by atoms with E-state index in [9.17, 15) is 0 Å². The highest BCUT2D eigenvalue weighted by molar-refractivity contribution is 7.89. The molecule has 2 aromatic heterocycles. The van der Waals surface area contributed by atoms with Gasteiger partial charge >= 0.3 is 0 Å². The van der Waals surface area contributed by atoms with Gasteiger partial charge < -0.3 is 15.5 Å². The van der Waals surface area contributed by atoms with Crippen LogP contribution in [0.2, 0.25) is 5.02 Å². The number of benzene rings is 1. The van der Waals surface area contributed by atoms with Crippen molar-refractivity contribution < 1.29 is 18.7 Å². The monoisotopic (exact) mass is 513 g/mol. The minimum Gasteiger partial charge on any atom is -0.400 e. The van der Waals surface area contributed by atoms with Gasteiger partial charge in [-0.2, -0.15) is 15.5 Å². The predicted molar refractivity (Wildman–Crippen MR) is 139 cm³/mol. The zero-order valence-electron chi connectivity index (χ0n) is 20.1. The van der Waals surface area contributed by atoms with Crippen LogP contribution in [0.3, 0.4) is 0 Å². The second-order valence-electron chi connectivity index (χ2n) is 6.94. The largest absolute Gasteiger partial charge is 0.400 e. The van der Waals surface area contributed by atoms with Crippen molar-refractivity contribution in [2.75, 3.05) is 26.1 Å². The number of aliphatic hydroxyl groups is 2. The summed E-state index contributed by atoms with van der Waals surface area (Å²) < 4.78 is 11.4. The van der Waals surface area contributed by atoms with E-state index in [2.05, 4.69) is 14.6 Å². The fourth-order valence-electron chi connectivity index (χ4n) is 3.75. The Morgan fingerprint density at radius 3 is 2.65 bits per heavy atom. The number of aromatic nitrogens is 3. The van der Waals surface area contributed by atoms with Crippen molar-refractivity contribution in [1.82, 2.24) is 14.6 Å². The fourth-order valence-corrected chi connectivity index (χ4v) is 4.16. The first-order valence-electron chi connectivity index (χ1n) is 11.1. The summed E-state index contributed by atoms with van der Waals surface area (Å²) in [5.41, 5.74) is 2.64. The maximum Gasteiger partial charge on any atom is 0.178 e. The average molecular weight is 514 g/mol. The third kappa shape index (κ3) is 9.03. The van der Waals surface area contributed by atoms with E-state index in [0.717, 1.165) is 68.5 Å².